The summed E-state index contributed by atoms with van der Waals surface area (Å²) in [6.45, 7) is 1.98. The number of fused-ring (bicyclic) bond motifs is 2. The van der Waals surface area contributed by atoms with Crippen molar-refractivity contribution in [1.29, 1.82) is 0 Å². The largest absolute Gasteiger partial charge is 0.383 e. The number of aromatic nitrogens is 4. The molecule has 35 heavy (non-hydrogen) atoms. The third-order valence-electron chi connectivity index (χ3n) is 5.79. The monoisotopic (exact) mass is 463 g/mol. The molecule has 0 aliphatic heterocycles. The van der Waals surface area contributed by atoms with Crippen molar-refractivity contribution < 1.29 is 4.79 Å². The molecule has 0 aliphatic rings. The van der Waals surface area contributed by atoms with Gasteiger partial charge in [0.2, 0.25) is 0 Å². The molecule has 1 amide bonds. The Balaban J connectivity index is 1.50. The number of benzene rings is 2. The predicted molar refractivity (Wildman–Crippen MR) is 138 cm³/mol. The molecule has 3 aromatic heterocycles. The van der Waals surface area contributed by atoms with E-state index < -0.39 is 0 Å². The van der Waals surface area contributed by atoms with Gasteiger partial charge in [0.05, 0.1) is 17.2 Å². The maximum atomic E-state index is 13.4. The molecule has 2 aromatic carbocycles. The molecule has 0 unspecified atom stereocenters. The van der Waals surface area contributed by atoms with Gasteiger partial charge in [-0.2, -0.15) is 9.78 Å². The Bertz CT molecular complexity index is 1510. The van der Waals surface area contributed by atoms with Crippen LogP contribution in [0.1, 0.15) is 34.8 Å². The van der Waals surface area contributed by atoms with E-state index in [4.69, 9.17) is 15.7 Å². The third kappa shape index (κ3) is 4.72. The fourth-order valence-corrected chi connectivity index (χ4v) is 3.96. The summed E-state index contributed by atoms with van der Waals surface area (Å²) < 4.78 is 1.46. The molecule has 0 fully saturated rings. The van der Waals surface area contributed by atoms with Gasteiger partial charge in [-0.25, -0.2) is 9.97 Å². The van der Waals surface area contributed by atoms with Gasteiger partial charge in [-0.15, -0.1) is 0 Å². The number of carbonyl (C=O) groups excluding carboxylic acids is 1. The van der Waals surface area contributed by atoms with Gasteiger partial charge in [-0.3, -0.25) is 9.78 Å². The van der Waals surface area contributed by atoms with E-state index in [9.17, 15) is 4.79 Å². The van der Waals surface area contributed by atoms with Crippen LogP contribution < -0.4 is 11.1 Å². The molecule has 0 saturated carbocycles. The van der Waals surface area contributed by atoms with Crippen molar-refractivity contribution in [2.45, 2.75) is 25.8 Å². The first-order valence-corrected chi connectivity index (χ1v) is 11.5. The van der Waals surface area contributed by atoms with Crippen LogP contribution in [-0.2, 0) is 6.42 Å². The van der Waals surface area contributed by atoms with E-state index in [1.54, 1.807) is 18.6 Å². The standard InChI is InChI=1S/C27H25N7O/c1-18(13-14-19-8-3-2-4-9-19)31-27(35)23-24-26(33-22-12-6-5-11-21(22)32-24)34(25(23)28)30-17-20-10-7-15-29-16-20/h2-12,15-18H,13-14,28H2,1H3,(H,31,35)/b30-17-/t18-/m0/s1. The van der Waals surface area contributed by atoms with Gasteiger partial charge in [0.25, 0.3) is 5.91 Å². The molecule has 1 atom stereocenters. The molecular weight excluding hydrogens is 438 g/mol. The number of pyridine rings is 1. The highest BCUT2D eigenvalue weighted by Gasteiger charge is 2.25. The first-order valence-electron chi connectivity index (χ1n) is 11.5. The SMILES string of the molecule is C[C@@H](CCc1ccccc1)NC(=O)c1c(N)n(/N=C\c2cccnc2)c2nc3ccccc3nc12. The third-order valence-corrected chi connectivity index (χ3v) is 5.79. The average Bonchev–Trinajstić information content (AvgIpc) is 3.16. The van der Waals surface area contributed by atoms with Crippen LogP contribution in [0.5, 0.6) is 0 Å². The molecule has 0 aliphatic carbocycles. The Morgan fingerprint density at radius 3 is 2.54 bits per heavy atom. The molecule has 3 N–H and O–H groups in total. The number of amides is 1. The van der Waals surface area contributed by atoms with Crippen LogP contribution in [0.2, 0.25) is 0 Å². The van der Waals surface area contributed by atoms with Crippen LogP contribution in [0.4, 0.5) is 5.82 Å². The number of hydrogen-bond acceptors (Lipinski definition) is 6. The van der Waals surface area contributed by atoms with Crippen LogP contribution >= 0.6 is 0 Å². The Morgan fingerprint density at radius 2 is 1.80 bits per heavy atom. The topological polar surface area (TPSA) is 111 Å². The lowest BCUT2D eigenvalue weighted by molar-refractivity contribution is 0.0940. The van der Waals surface area contributed by atoms with E-state index in [0.29, 0.717) is 22.2 Å². The van der Waals surface area contributed by atoms with Crippen molar-refractivity contribution in [1.82, 2.24) is 24.9 Å². The summed E-state index contributed by atoms with van der Waals surface area (Å²) in [7, 11) is 0. The summed E-state index contributed by atoms with van der Waals surface area (Å²) in [5.74, 6) is -0.115. The van der Waals surface area contributed by atoms with Gasteiger partial charge >= 0.3 is 0 Å². The molecule has 3 heterocycles. The number of nitrogen functional groups attached to an aromatic ring is 1. The zero-order valence-electron chi connectivity index (χ0n) is 19.3. The number of anilines is 1. The van der Waals surface area contributed by atoms with Gasteiger partial charge in [-0.05, 0) is 43.5 Å². The molecule has 0 saturated heterocycles. The number of nitrogens with two attached hydrogens (primary N) is 1. The average molecular weight is 464 g/mol. The zero-order chi connectivity index (χ0) is 24.2. The van der Waals surface area contributed by atoms with Crippen LogP contribution in [0.3, 0.4) is 0 Å². The second-order valence-electron chi connectivity index (χ2n) is 8.39. The molecular formula is C27H25N7O. The van der Waals surface area contributed by atoms with Crippen LogP contribution in [0.15, 0.2) is 84.2 Å². The minimum absolute atomic E-state index is 0.0622. The summed E-state index contributed by atoms with van der Waals surface area (Å²) in [4.78, 5) is 26.9. The van der Waals surface area contributed by atoms with Crippen molar-refractivity contribution in [3.05, 3.63) is 95.8 Å². The van der Waals surface area contributed by atoms with Crippen molar-refractivity contribution in [3.63, 3.8) is 0 Å². The predicted octanol–water partition coefficient (Wildman–Crippen LogP) is 4.20. The highest BCUT2D eigenvalue weighted by Crippen LogP contribution is 2.28. The van der Waals surface area contributed by atoms with Crippen molar-refractivity contribution in [2.75, 3.05) is 5.73 Å². The lowest BCUT2D eigenvalue weighted by atomic mass is 10.1. The van der Waals surface area contributed by atoms with E-state index in [1.807, 2.05) is 61.5 Å². The van der Waals surface area contributed by atoms with Crippen molar-refractivity contribution in [3.8, 4) is 0 Å². The highest BCUT2D eigenvalue weighted by atomic mass is 16.1. The maximum Gasteiger partial charge on any atom is 0.257 e. The zero-order valence-corrected chi connectivity index (χ0v) is 19.3. The number of carbonyl (C=O) groups is 1. The summed E-state index contributed by atoms with van der Waals surface area (Å²) in [6.07, 6.45) is 6.66. The Labute approximate surface area is 202 Å². The lowest BCUT2D eigenvalue weighted by Crippen LogP contribution is -2.33. The number of nitrogens with zero attached hydrogens (tertiary/aromatic N) is 5. The molecule has 0 bridgehead atoms. The number of hydrogen-bond donors (Lipinski definition) is 2. The van der Waals surface area contributed by atoms with E-state index >= 15 is 0 Å². The second-order valence-corrected chi connectivity index (χ2v) is 8.39. The lowest BCUT2D eigenvalue weighted by Gasteiger charge is -2.14. The van der Waals surface area contributed by atoms with E-state index in [1.165, 1.54) is 10.2 Å². The van der Waals surface area contributed by atoms with Crippen LogP contribution in [-0.4, -0.2) is 37.8 Å². The molecule has 0 radical (unpaired) electrons. The van der Waals surface area contributed by atoms with Crippen LogP contribution in [0.25, 0.3) is 22.2 Å². The fraction of sp³-hybridized carbons (Fsp3) is 0.148. The quantitative estimate of drug-likeness (QED) is 0.352. The Hall–Kier alpha value is -4.59. The normalized spacial score (nSPS) is 12.4. The minimum atomic E-state index is -0.298. The number of para-hydroxylation sites is 2. The molecule has 5 aromatic rings. The molecule has 5 rings (SSSR count). The number of rotatable bonds is 7. The van der Waals surface area contributed by atoms with E-state index in [2.05, 4.69) is 27.5 Å². The summed E-state index contributed by atoms with van der Waals surface area (Å²) in [5.41, 5.74) is 11.0. The minimum Gasteiger partial charge on any atom is -0.383 e. The highest BCUT2D eigenvalue weighted by molar-refractivity contribution is 6.10. The summed E-state index contributed by atoms with van der Waals surface area (Å²) in [5, 5.41) is 7.59. The van der Waals surface area contributed by atoms with Gasteiger partial charge in [0, 0.05) is 24.0 Å². The molecule has 0 spiro atoms. The first-order chi connectivity index (χ1) is 17.1. The van der Waals surface area contributed by atoms with Gasteiger partial charge < -0.3 is 11.1 Å². The maximum absolute atomic E-state index is 13.4. The van der Waals surface area contributed by atoms with Gasteiger partial charge in [-0.1, -0.05) is 48.5 Å². The number of nitrogens with one attached hydrogen (secondary N) is 1. The molecule has 8 heteroatoms. The van der Waals surface area contributed by atoms with Crippen molar-refractivity contribution in [2.24, 2.45) is 5.10 Å². The first kappa shape index (κ1) is 22.2. The van der Waals surface area contributed by atoms with E-state index in [-0.39, 0.29) is 23.3 Å². The smallest absolute Gasteiger partial charge is 0.257 e. The van der Waals surface area contributed by atoms with Crippen molar-refractivity contribution >= 4 is 40.1 Å². The summed E-state index contributed by atoms with van der Waals surface area (Å²) in [6, 6.07) is 21.3. The molecule has 8 nitrogen and oxygen atoms in total. The van der Waals surface area contributed by atoms with Gasteiger partial charge in [0.1, 0.15) is 16.9 Å². The van der Waals surface area contributed by atoms with E-state index in [0.717, 1.165) is 18.4 Å². The Morgan fingerprint density at radius 1 is 1.06 bits per heavy atom. The summed E-state index contributed by atoms with van der Waals surface area (Å²) >= 11 is 0. The Kier molecular flexibility index (Phi) is 6.17. The van der Waals surface area contributed by atoms with Crippen LogP contribution in [0, 0.1) is 0 Å². The molecule has 174 valence electrons. The van der Waals surface area contributed by atoms with Gasteiger partial charge in [0.15, 0.2) is 5.65 Å². The second kappa shape index (κ2) is 9.72. The fourth-order valence-electron chi connectivity index (χ4n) is 3.96. The number of aryl methyl sites for hydroxylation is 1.